The van der Waals surface area contributed by atoms with Crippen LogP contribution in [0.15, 0.2) is 73.6 Å². The van der Waals surface area contributed by atoms with Crippen molar-refractivity contribution in [2.75, 3.05) is 11.1 Å². The van der Waals surface area contributed by atoms with Crippen LogP contribution < -0.4 is 11.1 Å². The Kier molecular flexibility index (Phi) is 14.8. The minimum absolute atomic E-state index is 0.315. The van der Waals surface area contributed by atoms with Crippen LogP contribution in [0.1, 0.15) is 54.2 Å². The number of nitrogen functional groups attached to an aromatic ring is 1. The number of carbonyl (C=O) groups is 1. The number of fused-ring (bicyclic) bond motifs is 1. The zero-order valence-corrected chi connectivity index (χ0v) is 21.8. The van der Waals surface area contributed by atoms with Crippen LogP contribution in [0.3, 0.4) is 0 Å². The number of allylic oxidation sites excluding steroid dienone is 1. The van der Waals surface area contributed by atoms with Crippen LogP contribution in [0.2, 0.25) is 0 Å². The summed E-state index contributed by atoms with van der Waals surface area (Å²) >= 11 is 0. The molecule has 0 spiro atoms. The van der Waals surface area contributed by atoms with Crippen molar-refractivity contribution < 1.29 is 4.79 Å². The Hall–Kier alpha value is -3.87. The lowest BCUT2D eigenvalue weighted by molar-refractivity contribution is 0.250. The van der Waals surface area contributed by atoms with E-state index in [0.717, 1.165) is 16.7 Å². The largest absolute Gasteiger partial charge is 0.382 e. The lowest BCUT2D eigenvalue weighted by Crippen LogP contribution is -2.21. The number of para-hydroxylation sites is 2. The Bertz CT molecular complexity index is 1110. The number of rotatable bonds is 2. The first-order valence-corrected chi connectivity index (χ1v) is 11.8. The van der Waals surface area contributed by atoms with Gasteiger partial charge in [-0.25, -0.2) is 9.78 Å². The second-order valence-corrected chi connectivity index (χ2v) is 6.11. The minimum Gasteiger partial charge on any atom is -0.382 e. The number of aryl methyl sites for hydroxylation is 1. The van der Waals surface area contributed by atoms with Gasteiger partial charge in [0.2, 0.25) is 0 Å². The highest BCUT2D eigenvalue weighted by molar-refractivity contribution is 5.91. The predicted molar refractivity (Wildman–Crippen MR) is 147 cm³/mol. The number of carbonyl (C=O) groups excluding carboxylic acids is 1. The number of anilines is 2. The van der Waals surface area contributed by atoms with E-state index in [1.807, 2.05) is 102 Å². The Labute approximate surface area is 204 Å². The molecule has 0 radical (unpaired) electrons. The second kappa shape index (κ2) is 16.7. The van der Waals surface area contributed by atoms with Gasteiger partial charge in [-0.3, -0.25) is 4.57 Å². The molecule has 0 aliphatic rings. The van der Waals surface area contributed by atoms with E-state index in [-0.39, 0.29) is 6.03 Å². The molecule has 0 saturated heterocycles. The van der Waals surface area contributed by atoms with Gasteiger partial charge in [0.05, 0.1) is 11.0 Å². The number of imidazole rings is 1. The molecule has 0 saturated carbocycles. The number of benzene rings is 2. The van der Waals surface area contributed by atoms with E-state index in [4.69, 9.17) is 5.73 Å². The van der Waals surface area contributed by atoms with E-state index in [2.05, 4.69) is 22.0 Å². The molecule has 0 unspecified atom stereocenters. The van der Waals surface area contributed by atoms with Gasteiger partial charge < -0.3 is 11.1 Å². The molecule has 0 atom stereocenters. The molecule has 2 aromatic carbocycles. The average molecular weight is 465 g/mol. The van der Waals surface area contributed by atoms with Crippen LogP contribution in [0, 0.1) is 6.92 Å². The Morgan fingerprint density at radius 3 is 2.09 bits per heavy atom. The van der Waals surface area contributed by atoms with E-state index in [1.54, 1.807) is 25.4 Å². The van der Waals surface area contributed by atoms with Crippen LogP contribution in [0.5, 0.6) is 0 Å². The molecule has 1 amide bonds. The number of nitrogens with zero attached hydrogens (tertiary/aromatic N) is 4. The number of nitrogens with two attached hydrogens (primary N) is 1. The maximum atomic E-state index is 12.3. The van der Waals surface area contributed by atoms with Crippen molar-refractivity contribution in [1.82, 2.24) is 19.3 Å². The van der Waals surface area contributed by atoms with Crippen molar-refractivity contribution in [3.8, 4) is 5.69 Å². The smallest absolute Gasteiger partial charge is 0.346 e. The van der Waals surface area contributed by atoms with E-state index < -0.39 is 0 Å². The third-order valence-corrected chi connectivity index (χ3v) is 3.95. The highest BCUT2D eigenvalue weighted by Gasteiger charge is 2.11. The third-order valence-electron chi connectivity index (χ3n) is 3.95. The molecule has 2 aromatic heterocycles. The summed E-state index contributed by atoms with van der Waals surface area (Å²) in [6, 6.07) is 16.7. The lowest BCUT2D eigenvalue weighted by Gasteiger charge is -2.08. The van der Waals surface area contributed by atoms with Gasteiger partial charge >= 0.3 is 6.03 Å². The Morgan fingerprint density at radius 2 is 1.56 bits per heavy atom. The summed E-state index contributed by atoms with van der Waals surface area (Å²) in [6.07, 6.45) is 3.54. The van der Waals surface area contributed by atoms with Gasteiger partial charge in [0, 0.05) is 23.1 Å². The number of nitrogens with one attached hydrogen (secondary N) is 1. The van der Waals surface area contributed by atoms with E-state index in [9.17, 15) is 4.79 Å². The summed E-state index contributed by atoms with van der Waals surface area (Å²) in [5.41, 5.74) is 9.89. The summed E-state index contributed by atoms with van der Waals surface area (Å²) in [5, 5.41) is 6.77. The second-order valence-electron chi connectivity index (χ2n) is 6.11. The highest BCUT2D eigenvalue weighted by Crippen LogP contribution is 2.19. The van der Waals surface area contributed by atoms with Crippen molar-refractivity contribution in [2.24, 2.45) is 0 Å². The number of amides is 1. The van der Waals surface area contributed by atoms with E-state index in [1.165, 1.54) is 4.68 Å². The number of hydrogen-bond donors (Lipinski definition) is 2. The number of aromatic nitrogens is 4. The van der Waals surface area contributed by atoms with Crippen LogP contribution in [0.4, 0.5) is 16.3 Å². The first-order chi connectivity index (χ1) is 16.5. The van der Waals surface area contributed by atoms with Gasteiger partial charge in [-0.2, -0.15) is 4.68 Å². The number of hydrogen-bond acceptors (Lipinski definition) is 4. The maximum absolute atomic E-state index is 12.3. The fourth-order valence-electron chi connectivity index (χ4n) is 2.75. The van der Waals surface area contributed by atoms with Crippen molar-refractivity contribution in [3.63, 3.8) is 0 Å². The van der Waals surface area contributed by atoms with Crippen LogP contribution in [-0.2, 0) is 0 Å². The molecule has 0 aliphatic carbocycles. The summed E-state index contributed by atoms with van der Waals surface area (Å²) in [7, 11) is 0. The van der Waals surface area contributed by atoms with Crippen molar-refractivity contribution in [3.05, 3.63) is 79.3 Å². The maximum Gasteiger partial charge on any atom is 0.346 e. The molecular formula is C27H40N6O. The predicted octanol–water partition coefficient (Wildman–Crippen LogP) is 7.46. The quantitative estimate of drug-likeness (QED) is 0.301. The molecule has 7 heteroatoms. The summed E-state index contributed by atoms with van der Waals surface area (Å²) in [5.74, 6) is 0.315. The van der Waals surface area contributed by atoms with Gasteiger partial charge in [-0.1, -0.05) is 59.8 Å². The first-order valence-electron chi connectivity index (χ1n) is 11.8. The standard InChI is InChI=1S/C18H16N6O.C3H6.3C2H6/c1-12-10-17(19)22-24(12)18(25)21-13-6-8-14(9-7-13)23-11-20-15-4-2-3-5-16(15)23;1-3-2;3*1-2/h2-11H,1H3,(H2,19,22)(H,21,25);3H,1H2,2H3;3*1-2H3. The minimum atomic E-state index is -0.352. The fourth-order valence-corrected chi connectivity index (χ4v) is 2.75. The third kappa shape index (κ3) is 8.24. The summed E-state index contributed by atoms with van der Waals surface area (Å²) in [4.78, 5) is 16.6. The lowest BCUT2D eigenvalue weighted by atomic mass is 10.2. The normalized spacial score (nSPS) is 8.94. The van der Waals surface area contributed by atoms with Gasteiger partial charge in [-0.05, 0) is 50.2 Å². The van der Waals surface area contributed by atoms with Gasteiger partial charge in [-0.15, -0.1) is 11.7 Å². The van der Waals surface area contributed by atoms with Crippen LogP contribution in [0.25, 0.3) is 16.7 Å². The zero-order chi connectivity index (χ0) is 26.1. The molecular weight excluding hydrogens is 424 g/mol. The van der Waals surface area contributed by atoms with E-state index in [0.29, 0.717) is 17.2 Å². The molecule has 184 valence electrons. The molecule has 4 rings (SSSR count). The van der Waals surface area contributed by atoms with Gasteiger partial charge in [0.15, 0.2) is 0 Å². The topological polar surface area (TPSA) is 90.8 Å². The Morgan fingerprint density at radius 1 is 1.00 bits per heavy atom. The van der Waals surface area contributed by atoms with Crippen molar-refractivity contribution in [2.45, 2.75) is 55.4 Å². The summed E-state index contributed by atoms with van der Waals surface area (Å²) < 4.78 is 3.24. The average Bonchev–Trinajstić information content (AvgIpc) is 3.46. The van der Waals surface area contributed by atoms with E-state index >= 15 is 0 Å². The molecule has 3 N–H and O–H groups in total. The SMILES string of the molecule is C=CC.CC.CC.CC.Cc1cc(N)nn1C(=O)Nc1ccc(-n2cnc3ccccc32)cc1. The molecule has 4 aromatic rings. The first kappa shape index (κ1) is 30.1. The molecule has 0 fully saturated rings. The molecule has 0 aliphatic heterocycles. The molecule has 34 heavy (non-hydrogen) atoms. The zero-order valence-electron chi connectivity index (χ0n) is 21.8. The van der Waals surface area contributed by atoms with Crippen molar-refractivity contribution in [1.29, 1.82) is 0 Å². The molecule has 7 nitrogen and oxygen atoms in total. The van der Waals surface area contributed by atoms with Gasteiger partial charge in [0.1, 0.15) is 12.1 Å². The molecule has 2 heterocycles. The van der Waals surface area contributed by atoms with Crippen LogP contribution >= 0.6 is 0 Å². The Balaban J connectivity index is 0.00000108. The highest BCUT2D eigenvalue weighted by atomic mass is 16.2. The van der Waals surface area contributed by atoms with Crippen molar-refractivity contribution >= 4 is 28.6 Å². The summed E-state index contributed by atoms with van der Waals surface area (Å²) in [6.45, 7) is 19.0. The van der Waals surface area contributed by atoms with Gasteiger partial charge in [0.25, 0.3) is 0 Å². The fraction of sp³-hybridized carbons (Fsp3) is 0.296. The molecule has 0 bridgehead atoms. The van der Waals surface area contributed by atoms with Crippen LogP contribution in [-0.4, -0.2) is 25.4 Å². The monoisotopic (exact) mass is 464 g/mol.